The van der Waals surface area contributed by atoms with Crippen LogP contribution in [0.2, 0.25) is 0 Å². The molecule has 1 amide bonds. The lowest BCUT2D eigenvalue weighted by Gasteiger charge is -2.61. The van der Waals surface area contributed by atoms with Crippen LogP contribution in [0.3, 0.4) is 0 Å². The lowest BCUT2D eigenvalue weighted by atomic mass is 9.47. The van der Waals surface area contributed by atoms with Gasteiger partial charge in [-0.1, -0.05) is 13.8 Å². The van der Waals surface area contributed by atoms with Gasteiger partial charge in [0.15, 0.2) is 0 Å². The van der Waals surface area contributed by atoms with Crippen molar-refractivity contribution in [2.45, 2.75) is 31.9 Å². The highest BCUT2D eigenvalue weighted by Gasteiger charge is 2.71. The number of carbonyl (C=O) groups excluding carboxylic acids is 1. The molecule has 1 heterocycles. The molecule has 2 N–H and O–H groups in total. The van der Waals surface area contributed by atoms with E-state index in [1.807, 2.05) is 21.1 Å². The van der Waals surface area contributed by atoms with Crippen molar-refractivity contribution in [2.75, 3.05) is 40.8 Å². The van der Waals surface area contributed by atoms with Crippen LogP contribution in [0.5, 0.6) is 0 Å². The zero-order chi connectivity index (χ0) is 14.4. The van der Waals surface area contributed by atoms with Crippen LogP contribution in [0.15, 0.2) is 0 Å². The summed E-state index contributed by atoms with van der Waals surface area (Å²) in [7, 11) is 5.86. The molecule has 0 aromatic rings. The van der Waals surface area contributed by atoms with Crippen molar-refractivity contribution in [1.82, 2.24) is 9.80 Å². The molecule has 1 saturated heterocycles. The van der Waals surface area contributed by atoms with Gasteiger partial charge in [0.25, 0.3) is 0 Å². The van der Waals surface area contributed by atoms with E-state index in [9.17, 15) is 4.79 Å². The van der Waals surface area contributed by atoms with Gasteiger partial charge in [-0.15, -0.1) is 0 Å². The molecule has 0 spiro atoms. The fourth-order valence-electron chi connectivity index (χ4n) is 3.59. The third-order valence-corrected chi connectivity index (χ3v) is 5.04. The van der Waals surface area contributed by atoms with Crippen LogP contribution in [0.4, 0.5) is 0 Å². The van der Waals surface area contributed by atoms with Crippen molar-refractivity contribution >= 4 is 5.91 Å². The largest absolute Gasteiger partial charge is 0.377 e. The third-order valence-electron chi connectivity index (χ3n) is 5.04. The number of likely N-dealkylation sites (N-methyl/N-ethyl adjacent to an activating group) is 2. The molecule has 0 aromatic heterocycles. The number of hydrogen-bond donors (Lipinski definition) is 1. The van der Waals surface area contributed by atoms with E-state index in [1.165, 1.54) is 0 Å². The molecule has 1 aliphatic carbocycles. The predicted octanol–water partition coefficient (Wildman–Crippen LogP) is 0.149. The summed E-state index contributed by atoms with van der Waals surface area (Å²) in [5.41, 5.74) is 5.48. The van der Waals surface area contributed by atoms with Crippen molar-refractivity contribution < 1.29 is 9.53 Å². The van der Waals surface area contributed by atoms with Crippen molar-refractivity contribution in [3.05, 3.63) is 0 Å². The number of nitrogens with two attached hydrogens (primary N) is 1. The van der Waals surface area contributed by atoms with E-state index in [0.29, 0.717) is 6.54 Å². The maximum atomic E-state index is 12.7. The quantitative estimate of drug-likeness (QED) is 0.789. The molecule has 5 nitrogen and oxygen atoms in total. The van der Waals surface area contributed by atoms with E-state index in [0.717, 1.165) is 19.6 Å². The number of nitrogens with zero attached hydrogens (tertiary/aromatic N) is 2. The summed E-state index contributed by atoms with van der Waals surface area (Å²) in [4.78, 5) is 16.6. The maximum Gasteiger partial charge on any atom is 0.243 e. The normalized spacial score (nSPS) is 35.9. The summed E-state index contributed by atoms with van der Waals surface area (Å²) in [6, 6.07) is 0. The second-order valence-corrected chi connectivity index (χ2v) is 6.81. The Kier molecular flexibility index (Phi) is 3.66. The van der Waals surface area contributed by atoms with E-state index < -0.39 is 5.54 Å². The molecule has 0 aromatic carbocycles. The van der Waals surface area contributed by atoms with Gasteiger partial charge in [-0.05, 0) is 20.5 Å². The molecule has 2 aliphatic rings. The van der Waals surface area contributed by atoms with E-state index in [1.54, 1.807) is 4.90 Å². The van der Waals surface area contributed by atoms with Gasteiger partial charge in [-0.2, -0.15) is 0 Å². The van der Waals surface area contributed by atoms with Gasteiger partial charge < -0.3 is 20.3 Å². The Morgan fingerprint density at radius 1 is 1.32 bits per heavy atom. The molecule has 2 rings (SSSR count). The van der Waals surface area contributed by atoms with E-state index in [2.05, 4.69) is 18.7 Å². The van der Waals surface area contributed by atoms with Gasteiger partial charge in [0.2, 0.25) is 5.91 Å². The highest BCUT2D eigenvalue weighted by Crippen LogP contribution is 2.58. The zero-order valence-electron chi connectivity index (χ0n) is 12.8. The standard InChI is InChI=1S/C14H27N3O2/c1-13(2)11-10(6-9-19-11)14(13,15)12(18)17(5)8-7-16(3)4/h10-11H,6-9,15H2,1-5H3. The maximum absolute atomic E-state index is 12.7. The molecule has 5 heteroatoms. The van der Waals surface area contributed by atoms with Crippen LogP contribution in [-0.2, 0) is 9.53 Å². The predicted molar refractivity (Wildman–Crippen MR) is 74.7 cm³/mol. The average Bonchev–Trinajstić information content (AvgIpc) is 2.81. The van der Waals surface area contributed by atoms with Crippen LogP contribution < -0.4 is 5.73 Å². The van der Waals surface area contributed by atoms with Gasteiger partial charge in [-0.25, -0.2) is 0 Å². The molecule has 19 heavy (non-hydrogen) atoms. The molecule has 110 valence electrons. The summed E-state index contributed by atoms with van der Waals surface area (Å²) in [5.74, 6) is 0.239. The number of fused-ring (bicyclic) bond motifs is 1. The summed E-state index contributed by atoms with van der Waals surface area (Å²) >= 11 is 0. The zero-order valence-corrected chi connectivity index (χ0v) is 12.8. The van der Waals surface area contributed by atoms with Crippen molar-refractivity contribution in [3.63, 3.8) is 0 Å². The van der Waals surface area contributed by atoms with Crippen LogP contribution >= 0.6 is 0 Å². The molecule has 1 saturated carbocycles. The van der Waals surface area contributed by atoms with Gasteiger partial charge in [-0.3, -0.25) is 4.79 Å². The fraction of sp³-hybridized carbons (Fsp3) is 0.929. The first-order valence-electron chi connectivity index (χ1n) is 7.03. The highest BCUT2D eigenvalue weighted by molar-refractivity contribution is 5.89. The Hall–Kier alpha value is -0.650. The minimum atomic E-state index is -0.769. The first-order valence-corrected chi connectivity index (χ1v) is 7.03. The summed E-state index contributed by atoms with van der Waals surface area (Å²) in [6.45, 7) is 6.39. The topological polar surface area (TPSA) is 58.8 Å². The highest BCUT2D eigenvalue weighted by atomic mass is 16.5. The van der Waals surface area contributed by atoms with Crippen LogP contribution in [-0.4, -0.2) is 68.2 Å². The molecule has 0 bridgehead atoms. The molecule has 3 unspecified atom stereocenters. The Balaban J connectivity index is 2.09. The first kappa shape index (κ1) is 14.8. The molecular weight excluding hydrogens is 242 g/mol. The van der Waals surface area contributed by atoms with Crippen molar-refractivity contribution in [2.24, 2.45) is 17.1 Å². The first-order chi connectivity index (χ1) is 8.73. The fourth-order valence-corrected chi connectivity index (χ4v) is 3.59. The number of amides is 1. The number of ether oxygens (including phenoxy) is 1. The second kappa shape index (κ2) is 4.72. The molecule has 1 aliphatic heterocycles. The average molecular weight is 269 g/mol. The van der Waals surface area contributed by atoms with Crippen LogP contribution in [0.25, 0.3) is 0 Å². The minimum absolute atomic E-state index is 0.0612. The Morgan fingerprint density at radius 2 is 1.95 bits per heavy atom. The monoisotopic (exact) mass is 269 g/mol. The summed E-state index contributed by atoms with van der Waals surface area (Å²) in [6.07, 6.45) is 1.04. The molecule has 2 fully saturated rings. The smallest absolute Gasteiger partial charge is 0.243 e. The lowest BCUT2D eigenvalue weighted by Crippen LogP contribution is -2.80. The van der Waals surface area contributed by atoms with Gasteiger partial charge >= 0.3 is 0 Å². The minimum Gasteiger partial charge on any atom is -0.377 e. The summed E-state index contributed by atoms with van der Waals surface area (Å²) in [5, 5.41) is 0. The Labute approximate surface area is 116 Å². The SMILES string of the molecule is CN(C)CCN(C)C(=O)C1(N)C2CCOC2C1(C)C. The van der Waals surface area contributed by atoms with E-state index in [-0.39, 0.29) is 23.3 Å². The number of carbonyl (C=O) groups is 1. The number of hydrogen-bond acceptors (Lipinski definition) is 4. The summed E-state index contributed by atoms with van der Waals surface area (Å²) < 4.78 is 5.73. The van der Waals surface area contributed by atoms with Crippen LogP contribution in [0, 0.1) is 11.3 Å². The third kappa shape index (κ3) is 1.99. The van der Waals surface area contributed by atoms with Gasteiger partial charge in [0.1, 0.15) is 5.54 Å². The van der Waals surface area contributed by atoms with Crippen LogP contribution in [0.1, 0.15) is 20.3 Å². The van der Waals surface area contributed by atoms with E-state index in [4.69, 9.17) is 10.5 Å². The number of rotatable bonds is 4. The van der Waals surface area contributed by atoms with Gasteiger partial charge in [0.05, 0.1) is 6.10 Å². The van der Waals surface area contributed by atoms with Gasteiger partial charge in [0, 0.05) is 38.1 Å². The molecular formula is C14H27N3O2. The van der Waals surface area contributed by atoms with Crippen molar-refractivity contribution in [3.8, 4) is 0 Å². The Bertz CT molecular complexity index is 370. The molecule has 3 atom stereocenters. The Morgan fingerprint density at radius 3 is 2.53 bits per heavy atom. The molecule has 0 radical (unpaired) electrons. The van der Waals surface area contributed by atoms with E-state index >= 15 is 0 Å². The second-order valence-electron chi connectivity index (χ2n) is 6.81. The lowest BCUT2D eigenvalue weighted by molar-refractivity contribution is -0.183. The van der Waals surface area contributed by atoms with Crippen molar-refractivity contribution in [1.29, 1.82) is 0 Å².